The topological polar surface area (TPSA) is 225 Å². The van der Waals surface area contributed by atoms with E-state index in [9.17, 15) is 40.5 Å². The fourth-order valence-corrected chi connectivity index (χ4v) is 1.36. The molecule has 11 nitrogen and oxygen atoms in total. The fourth-order valence-electron chi connectivity index (χ4n) is 1.36. The summed E-state index contributed by atoms with van der Waals surface area (Å²) < 4.78 is 0. The van der Waals surface area contributed by atoms with Crippen molar-refractivity contribution in [2.75, 3.05) is 0 Å². The van der Waals surface area contributed by atoms with Crippen molar-refractivity contribution in [1.29, 1.82) is 0 Å². The Morgan fingerprint density at radius 1 is 0.800 bits per heavy atom. The van der Waals surface area contributed by atoms with Crippen LogP contribution in [0.2, 0.25) is 0 Å². The number of carboxylic acids is 1. The molecule has 0 aliphatic heterocycles. The molecule has 0 spiro atoms. The molecule has 1 rings (SSSR count). The molecular formula is C9H11NO10. The van der Waals surface area contributed by atoms with Crippen molar-refractivity contribution in [3.63, 3.8) is 0 Å². The Morgan fingerprint density at radius 3 is 1.40 bits per heavy atom. The van der Waals surface area contributed by atoms with Crippen molar-refractivity contribution in [2.45, 2.75) is 11.5 Å². The summed E-state index contributed by atoms with van der Waals surface area (Å²) in [5.41, 5.74) is -0.709. The van der Waals surface area contributed by atoms with Crippen molar-refractivity contribution in [1.82, 2.24) is 0 Å². The molecule has 0 aliphatic rings. The molecule has 0 fully saturated rings. The van der Waals surface area contributed by atoms with Crippen LogP contribution in [0.4, 0.5) is 0 Å². The van der Waals surface area contributed by atoms with E-state index in [1.807, 2.05) is 0 Å². The largest absolute Gasteiger partial charge is 0.504 e. The van der Waals surface area contributed by atoms with Crippen LogP contribution in [0.15, 0.2) is 0 Å². The molecular weight excluding hydrogens is 282 g/mol. The highest BCUT2D eigenvalue weighted by Crippen LogP contribution is 2.54. The van der Waals surface area contributed by atoms with Gasteiger partial charge in [-0.15, -0.1) is 0 Å². The molecule has 0 radical (unpaired) electrons. The highest BCUT2D eigenvalue weighted by atomic mass is 16.5. The zero-order valence-electron chi connectivity index (χ0n) is 9.51. The molecule has 11 N–H and O–H groups in total. The van der Waals surface area contributed by atoms with Crippen LogP contribution in [0.25, 0.3) is 0 Å². The molecule has 0 saturated heterocycles. The third-order valence-corrected chi connectivity index (χ3v) is 2.58. The first-order chi connectivity index (χ1) is 8.87. The van der Waals surface area contributed by atoms with Crippen LogP contribution in [0.1, 0.15) is 5.56 Å². The first-order valence-corrected chi connectivity index (χ1v) is 4.76. The summed E-state index contributed by atoms with van der Waals surface area (Å²) in [5, 5.41) is 83.3. The smallest absolute Gasteiger partial charge is 0.357 e. The van der Waals surface area contributed by atoms with E-state index in [2.05, 4.69) is 0 Å². The second kappa shape index (κ2) is 4.28. The fraction of sp³-hybridized carbons (Fsp3) is 0.222. The van der Waals surface area contributed by atoms with Gasteiger partial charge in [0.05, 0.1) is 0 Å². The lowest BCUT2D eigenvalue weighted by Gasteiger charge is -2.33. The number of hydrogen-bond donors (Lipinski definition) is 10. The maximum absolute atomic E-state index is 10.7. The number of benzene rings is 1. The van der Waals surface area contributed by atoms with Crippen molar-refractivity contribution < 1.29 is 50.8 Å². The van der Waals surface area contributed by atoms with E-state index in [0.29, 0.717) is 0 Å². The molecule has 0 aliphatic carbocycles. The lowest BCUT2D eigenvalue weighted by atomic mass is 9.92. The second-order valence-corrected chi connectivity index (χ2v) is 3.86. The molecule has 11 heteroatoms. The minimum absolute atomic E-state index is 1.42. The van der Waals surface area contributed by atoms with E-state index in [1.165, 1.54) is 0 Å². The summed E-state index contributed by atoms with van der Waals surface area (Å²) in [6, 6.07) is 0. The third kappa shape index (κ3) is 1.81. The van der Waals surface area contributed by atoms with Gasteiger partial charge < -0.3 is 46.0 Å². The number of aromatic hydroxyl groups is 5. The lowest BCUT2D eigenvalue weighted by molar-refractivity contribution is -0.281. The van der Waals surface area contributed by atoms with Crippen molar-refractivity contribution >= 4 is 5.97 Å². The van der Waals surface area contributed by atoms with Crippen LogP contribution in [-0.4, -0.2) is 57.7 Å². The van der Waals surface area contributed by atoms with Gasteiger partial charge in [-0.2, -0.15) is 0 Å². The summed E-state index contributed by atoms with van der Waals surface area (Å²) in [6.45, 7) is 0. The number of phenols is 5. The average molecular weight is 293 g/mol. The average Bonchev–Trinajstić information content (AvgIpc) is 2.33. The minimum Gasteiger partial charge on any atom is -0.504 e. The van der Waals surface area contributed by atoms with Crippen molar-refractivity contribution in [3.05, 3.63) is 5.56 Å². The second-order valence-electron chi connectivity index (χ2n) is 3.86. The number of nitrogens with two attached hydrogens (primary N) is 1. The van der Waals surface area contributed by atoms with E-state index in [-0.39, 0.29) is 0 Å². The van der Waals surface area contributed by atoms with Gasteiger partial charge in [0, 0.05) is 0 Å². The molecule has 0 amide bonds. The summed E-state index contributed by atoms with van der Waals surface area (Å²) >= 11 is 0. The van der Waals surface area contributed by atoms with Gasteiger partial charge in [-0.1, -0.05) is 0 Å². The summed E-state index contributed by atoms with van der Waals surface area (Å²) in [7, 11) is 0. The number of phenolic OH excluding ortho intramolecular Hbond substituents is 5. The van der Waals surface area contributed by atoms with Crippen LogP contribution >= 0.6 is 0 Å². The Bertz CT molecular complexity index is 550. The molecule has 112 valence electrons. The van der Waals surface area contributed by atoms with Crippen LogP contribution in [-0.2, 0) is 10.6 Å². The SMILES string of the molecule is NC(O)(C(=O)O)C(O)(O)c1c(O)c(O)c(O)c(O)c1O. The van der Waals surface area contributed by atoms with E-state index in [0.717, 1.165) is 0 Å². The molecule has 0 saturated carbocycles. The van der Waals surface area contributed by atoms with Gasteiger partial charge in [-0.3, -0.25) is 5.73 Å². The standard InChI is InChI=1S/C9H11NO10/c10-8(18,7(16)17)9(19,20)1-2(11)4(13)6(15)5(14)3(1)12/h11-15,18-20H,10H2,(H,16,17). The van der Waals surface area contributed by atoms with Gasteiger partial charge in [0.15, 0.2) is 11.5 Å². The van der Waals surface area contributed by atoms with Gasteiger partial charge in [-0.25, -0.2) is 4.79 Å². The van der Waals surface area contributed by atoms with E-state index >= 15 is 0 Å². The predicted octanol–water partition coefficient (Wildman–Crippen LogP) is -2.92. The summed E-state index contributed by atoms with van der Waals surface area (Å²) in [6.07, 6.45) is 0. The number of aliphatic hydroxyl groups is 3. The van der Waals surface area contributed by atoms with Crippen molar-refractivity contribution in [3.8, 4) is 28.7 Å². The molecule has 0 heterocycles. The first kappa shape index (κ1) is 15.6. The molecule has 1 unspecified atom stereocenters. The number of rotatable bonds is 3. The minimum atomic E-state index is -4.03. The predicted molar refractivity (Wildman–Crippen MR) is 57.7 cm³/mol. The van der Waals surface area contributed by atoms with Crippen molar-refractivity contribution in [2.24, 2.45) is 5.73 Å². The Labute approximate surface area is 109 Å². The van der Waals surface area contributed by atoms with Crippen LogP contribution in [0, 0.1) is 0 Å². The lowest BCUT2D eigenvalue weighted by Crippen LogP contribution is -2.63. The normalized spacial score (nSPS) is 14.8. The van der Waals surface area contributed by atoms with E-state index in [1.54, 1.807) is 0 Å². The summed E-state index contributed by atoms with van der Waals surface area (Å²) in [5.74, 6) is -14.1. The maximum Gasteiger partial charge on any atom is 0.357 e. The van der Waals surface area contributed by atoms with Gasteiger partial charge >= 0.3 is 5.97 Å². The van der Waals surface area contributed by atoms with Crippen LogP contribution in [0.3, 0.4) is 0 Å². The van der Waals surface area contributed by atoms with Crippen LogP contribution < -0.4 is 5.73 Å². The van der Waals surface area contributed by atoms with Crippen LogP contribution in [0.5, 0.6) is 28.7 Å². The third-order valence-electron chi connectivity index (χ3n) is 2.58. The molecule has 0 aromatic heterocycles. The maximum atomic E-state index is 10.7. The van der Waals surface area contributed by atoms with E-state index < -0.39 is 51.8 Å². The molecule has 1 aromatic carbocycles. The number of carboxylic acid groups (broad SMARTS) is 1. The highest BCUT2D eigenvalue weighted by molar-refractivity contribution is 5.80. The highest BCUT2D eigenvalue weighted by Gasteiger charge is 2.57. The zero-order valence-corrected chi connectivity index (χ0v) is 9.51. The van der Waals surface area contributed by atoms with Gasteiger partial charge in [-0.05, 0) is 0 Å². The Balaban J connectivity index is 3.76. The van der Waals surface area contributed by atoms with Gasteiger partial charge in [0.1, 0.15) is 5.56 Å². The molecule has 0 bridgehead atoms. The number of carbonyl (C=O) groups is 1. The Hall–Kier alpha value is -2.47. The summed E-state index contributed by atoms with van der Waals surface area (Å²) in [4.78, 5) is 10.7. The number of hydrogen-bond acceptors (Lipinski definition) is 10. The zero-order chi connectivity index (χ0) is 16.0. The Morgan fingerprint density at radius 2 is 1.10 bits per heavy atom. The van der Waals surface area contributed by atoms with Gasteiger partial charge in [0.2, 0.25) is 17.2 Å². The van der Waals surface area contributed by atoms with E-state index in [4.69, 9.17) is 15.9 Å². The van der Waals surface area contributed by atoms with Gasteiger partial charge in [0.25, 0.3) is 11.5 Å². The monoisotopic (exact) mass is 293 g/mol. The first-order valence-electron chi connectivity index (χ1n) is 4.76. The Kier molecular flexibility index (Phi) is 3.33. The number of aliphatic carboxylic acids is 1. The quantitative estimate of drug-likeness (QED) is 0.154. The molecule has 20 heavy (non-hydrogen) atoms. The molecule has 1 atom stereocenters. The molecule has 1 aromatic rings.